The highest BCUT2D eigenvalue weighted by Crippen LogP contribution is 2.41. The van der Waals surface area contributed by atoms with Gasteiger partial charge in [-0.1, -0.05) is 95.9 Å². The molecule has 0 rings (SSSR count). The average Bonchev–Trinajstić information content (AvgIpc) is 2.82. The van der Waals surface area contributed by atoms with Crippen LogP contribution in [0, 0.1) is 35.5 Å². The molecule has 8 atom stereocenters. The Balaban J connectivity index is 6.11. The number of carbonyl (C=O) groups is 2. The molecular formula is C34H70O5Si2. The highest BCUT2D eigenvalue weighted by Gasteiger charge is 2.45. The number of hydrogen-bond donors (Lipinski definition) is 0. The molecule has 0 N–H and O–H groups in total. The largest absolute Gasteiger partial charge is 0.413 e. The van der Waals surface area contributed by atoms with Gasteiger partial charge in [0.05, 0.1) is 24.0 Å². The topological polar surface area (TPSA) is 61.8 Å². The second-order valence-electron chi connectivity index (χ2n) is 16.5. The maximum atomic E-state index is 13.6. The molecule has 0 radical (unpaired) electrons. The number of ether oxygens (including phenoxy) is 1. The van der Waals surface area contributed by atoms with Crippen LogP contribution in [0.15, 0.2) is 0 Å². The van der Waals surface area contributed by atoms with Gasteiger partial charge in [-0.3, -0.25) is 9.59 Å². The Morgan fingerprint density at radius 3 is 1.07 bits per heavy atom. The monoisotopic (exact) mass is 614 g/mol. The quantitative estimate of drug-likeness (QED) is 0.0983. The van der Waals surface area contributed by atoms with Crippen LogP contribution in [-0.4, -0.2) is 40.8 Å². The SMILES string of the molecule is CC[C@@H](C)C[C@@H](C)[C@H](O[Si](C)(C)C(C)(C)C)[C@H](C)C(=O)OC(=O)[C@@H](C)[C@@H](O[Si](C)(C)C(C)(C)C)[C@H](C)C[C@H](C)CC. The van der Waals surface area contributed by atoms with Crippen LogP contribution in [0.3, 0.4) is 0 Å². The van der Waals surface area contributed by atoms with E-state index < -0.39 is 40.4 Å². The molecule has 0 spiro atoms. The number of hydrogen-bond acceptors (Lipinski definition) is 5. The van der Waals surface area contributed by atoms with Gasteiger partial charge >= 0.3 is 11.9 Å². The lowest BCUT2D eigenvalue weighted by atomic mass is 9.85. The van der Waals surface area contributed by atoms with Crippen LogP contribution in [0.2, 0.25) is 36.3 Å². The van der Waals surface area contributed by atoms with E-state index in [4.69, 9.17) is 13.6 Å². The predicted molar refractivity (Wildman–Crippen MR) is 180 cm³/mol. The molecule has 7 heteroatoms. The molecule has 0 aromatic carbocycles. The Bertz CT molecular complexity index is 745. The van der Waals surface area contributed by atoms with Crippen LogP contribution < -0.4 is 0 Å². The lowest BCUT2D eigenvalue weighted by Crippen LogP contribution is -2.50. The summed E-state index contributed by atoms with van der Waals surface area (Å²) in [5, 5.41) is 0.0186. The normalized spacial score (nSPS) is 19.5. The summed E-state index contributed by atoms with van der Waals surface area (Å²) in [6.07, 6.45) is 3.49. The van der Waals surface area contributed by atoms with E-state index in [0.29, 0.717) is 11.8 Å². The Kier molecular flexibility index (Phi) is 15.8. The van der Waals surface area contributed by atoms with Crippen LogP contribution in [0.4, 0.5) is 0 Å². The smallest absolute Gasteiger partial charge is 0.318 e. The van der Waals surface area contributed by atoms with Gasteiger partial charge in [-0.15, -0.1) is 0 Å². The molecule has 0 fully saturated rings. The lowest BCUT2D eigenvalue weighted by molar-refractivity contribution is -0.170. The Labute approximate surface area is 257 Å². The van der Waals surface area contributed by atoms with Crippen molar-refractivity contribution < 1.29 is 23.2 Å². The van der Waals surface area contributed by atoms with Gasteiger partial charge in [0, 0.05) is 0 Å². The van der Waals surface area contributed by atoms with Crippen molar-refractivity contribution in [3.8, 4) is 0 Å². The number of rotatable bonds is 16. The van der Waals surface area contributed by atoms with Gasteiger partial charge in [-0.05, 0) is 86.6 Å². The van der Waals surface area contributed by atoms with Crippen molar-refractivity contribution in [3.05, 3.63) is 0 Å². The van der Waals surface area contributed by atoms with E-state index in [1.807, 2.05) is 13.8 Å². The van der Waals surface area contributed by atoms with Crippen molar-refractivity contribution in [2.24, 2.45) is 35.5 Å². The van der Waals surface area contributed by atoms with Crippen molar-refractivity contribution in [2.45, 2.75) is 171 Å². The highest BCUT2D eigenvalue weighted by atomic mass is 28.4. The number of carbonyl (C=O) groups excluding carboxylic acids is 2. The summed E-state index contributed by atoms with van der Waals surface area (Å²) in [6, 6.07) is 0. The fourth-order valence-corrected chi connectivity index (χ4v) is 7.82. The van der Waals surface area contributed by atoms with Gasteiger partial charge < -0.3 is 13.6 Å². The number of esters is 2. The van der Waals surface area contributed by atoms with Gasteiger partial charge in [0.25, 0.3) is 0 Å². The van der Waals surface area contributed by atoms with Crippen LogP contribution in [0.5, 0.6) is 0 Å². The van der Waals surface area contributed by atoms with Gasteiger partial charge in [-0.25, -0.2) is 0 Å². The third-order valence-corrected chi connectivity index (χ3v) is 19.4. The maximum absolute atomic E-state index is 13.6. The third kappa shape index (κ3) is 12.2. The van der Waals surface area contributed by atoms with Crippen molar-refractivity contribution in [3.63, 3.8) is 0 Å². The summed E-state index contributed by atoms with van der Waals surface area (Å²) in [4.78, 5) is 27.2. The first-order valence-corrected chi connectivity index (χ1v) is 22.3. The fraction of sp³-hybridized carbons (Fsp3) is 0.941. The lowest BCUT2D eigenvalue weighted by Gasteiger charge is -2.43. The molecule has 0 saturated carbocycles. The van der Waals surface area contributed by atoms with E-state index in [0.717, 1.165) is 25.7 Å². The van der Waals surface area contributed by atoms with E-state index in [2.05, 4.69) is 109 Å². The molecule has 0 amide bonds. The molecule has 244 valence electrons. The van der Waals surface area contributed by atoms with Gasteiger partial charge in [0.1, 0.15) is 0 Å². The molecule has 0 heterocycles. The van der Waals surface area contributed by atoms with E-state index in [1.165, 1.54) is 0 Å². The minimum absolute atomic E-state index is 0.00930. The first-order chi connectivity index (χ1) is 18.3. The Morgan fingerprint density at radius 1 is 0.585 bits per heavy atom. The van der Waals surface area contributed by atoms with Crippen molar-refractivity contribution in [1.82, 2.24) is 0 Å². The van der Waals surface area contributed by atoms with Gasteiger partial charge in [0.2, 0.25) is 0 Å². The molecule has 5 nitrogen and oxygen atoms in total. The molecule has 0 aliphatic carbocycles. The minimum Gasteiger partial charge on any atom is -0.413 e. The van der Waals surface area contributed by atoms with E-state index in [1.54, 1.807) is 0 Å². The van der Waals surface area contributed by atoms with Crippen molar-refractivity contribution in [2.75, 3.05) is 0 Å². The molecular weight excluding hydrogens is 545 g/mol. The molecule has 41 heavy (non-hydrogen) atoms. The summed E-state index contributed by atoms with van der Waals surface area (Å²) >= 11 is 0. The zero-order valence-electron chi connectivity index (χ0n) is 30.5. The van der Waals surface area contributed by atoms with Crippen LogP contribution >= 0.6 is 0 Å². The van der Waals surface area contributed by atoms with E-state index in [9.17, 15) is 9.59 Å². The predicted octanol–water partition coefficient (Wildman–Crippen LogP) is 10.3. The Hall–Kier alpha value is -0.506. The second kappa shape index (κ2) is 16.0. The van der Waals surface area contributed by atoms with Crippen LogP contribution in [0.25, 0.3) is 0 Å². The molecule has 0 aromatic rings. The molecule has 0 aromatic heterocycles. The van der Waals surface area contributed by atoms with Gasteiger partial charge in [0.15, 0.2) is 16.6 Å². The second-order valence-corrected chi connectivity index (χ2v) is 26.0. The van der Waals surface area contributed by atoms with Crippen LogP contribution in [-0.2, 0) is 23.2 Å². The standard InChI is InChI=1S/C34H70O5Si2/c1-19-23(3)21-25(5)29(38-40(15,16)33(9,10)11)27(7)31(35)37-32(36)28(8)30(26(6)22-24(4)20-2)39-41(17,18)34(12,13)14/h23-30H,19-22H2,1-18H3/t23-,24-,25-,26-,27+,28+,29+,30+/m1/s1. The maximum Gasteiger partial charge on any atom is 0.318 e. The first kappa shape index (κ1) is 40.5. The van der Waals surface area contributed by atoms with Gasteiger partial charge in [-0.2, -0.15) is 0 Å². The van der Waals surface area contributed by atoms with Crippen LogP contribution in [0.1, 0.15) is 123 Å². The fourth-order valence-electron chi connectivity index (χ4n) is 4.88. The molecule has 0 aliphatic rings. The summed E-state index contributed by atoms with van der Waals surface area (Å²) in [5.74, 6) is -0.669. The van der Waals surface area contributed by atoms with E-state index >= 15 is 0 Å². The summed E-state index contributed by atoms with van der Waals surface area (Å²) in [6.45, 7) is 39.2. The molecule has 0 bridgehead atoms. The summed E-state index contributed by atoms with van der Waals surface area (Å²) < 4.78 is 19.5. The zero-order valence-corrected chi connectivity index (χ0v) is 32.5. The van der Waals surface area contributed by atoms with E-state index in [-0.39, 0.29) is 34.1 Å². The molecule has 0 aliphatic heterocycles. The minimum atomic E-state index is -2.17. The third-order valence-electron chi connectivity index (χ3n) is 10.5. The summed E-state index contributed by atoms with van der Waals surface area (Å²) in [5.41, 5.74) is 0. The van der Waals surface area contributed by atoms with Crippen molar-refractivity contribution in [1.29, 1.82) is 0 Å². The molecule has 0 saturated heterocycles. The first-order valence-electron chi connectivity index (χ1n) is 16.4. The highest BCUT2D eigenvalue weighted by molar-refractivity contribution is 6.74. The average molecular weight is 615 g/mol. The van der Waals surface area contributed by atoms with Crippen molar-refractivity contribution >= 4 is 28.6 Å². The zero-order chi connectivity index (χ0) is 32.7. The molecule has 0 unspecified atom stereocenters. The summed E-state index contributed by atoms with van der Waals surface area (Å²) in [7, 11) is -4.34. The Morgan fingerprint density at radius 2 is 0.854 bits per heavy atom.